The molecule has 3 rings (SSSR count). The maximum absolute atomic E-state index is 12.4. The van der Waals surface area contributed by atoms with Gasteiger partial charge >= 0.3 is 0 Å². The molecule has 0 unspecified atom stereocenters. The molecule has 5 heteroatoms. The number of rotatable bonds is 6. The minimum absolute atomic E-state index is 0.151. The van der Waals surface area contributed by atoms with Crippen LogP contribution in [-0.4, -0.2) is 24.7 Å². The van der Waals surface area contributed by atoms with E-state index in [1.165, 1.54) is 4.90 Å². The average molecular weight is 366 g/mol. The number of hydrogen-bond donors (Lipinski definition) is 1. The molecule has 2 aromatic carbocycles. The predicted molar refractivity (Wildman–Crippen MR) is 107 cm³/mol. The predicted octanol–water partition coefficient (Wildman–Crippen LogP) is 4.20. The lowest BCUT2D eigenvalue weighted by Crippen LogP contribution is -2.23. The number of anilines is 1. The summed E-state index contributed by atoms with van der Waals surface area (Å²) in [6, 6.07) is 15.9. The third-order valence-corrected chi connectivity index (χ3v) is 5.41. The zero-order valence-electron chi connectivity index (χ0n) is 15.0. The number of amides is 1. The van der Waals surface area contributed by atoms with E-state index in [0.29, 0.717) is 17.7 Å². The smallest absolute Gasteiger partial charge is 0.251 e. The molecule has 1 aliphatic heterocycles. The van der Waals surface area contributed by atoms with Crippen molar-refractivity contribution in [3.05, 3.63) is 59.2 Å². The molecule has 1 fully saturated rings. The fourth-order valence-corrected chi connectivity index (χ4v) is 3.82. The van der Waals surface area contributed by atoms with Crippen LogP contribution in [0.5, 0.6) is 0 Å². The topological polar surface area (TPSA) is 56.1 Å². The quantitative estimate of drug-likeness (QED) is 0.780. The number of carbonyl (C=O) groups excluding carboxylic acids is 1. The zero-order valence-corrected chi connectivity index (χ0v) is 15.8. The first-order valence-electron chi connectivity index (χ1n) is 9.00. The number of benzene rings is 2. The van der Waals surface area contributed by atoms with Crippen molar-refractivity contribution in [2.45, 2.75) is 31.2 Å². The molecule has 1 amide bonds. The van der Waals surface area contributed by atoms with Gasteiger partial charge in [-0.05, 0) is 54.5 Å². The molecular formula is C21H23N3OS. The van der Waals surface area contributed by atoms with Crippen LogP contribution >= 0.6 is 11.8 Å². The van der Waals surface area contributed by atoms with Crippen LogP contribution in [0.25, 0.3) is 0 Å². The maximum Gasteiger partial charge on any atom is 0.251 e. The Morgan fingerprint density at radius 3 is 2.58 bits per heavy atom. The number of nitriles is 1. The largest absolute Gasteiger partial charge is 0.370 e. The van der Waals surface area contributed by atoms with Gasteiger partial charge in [0.1, 0.15) is 6.07 Å². The van der Waals surface area contributed by atoms with Crippen LogP contribution in [-0.2, 0) is 6.54 Å². The third kappa shape index (κ3) is 4.39. The van der Waals surface area contributed by atoms with E-state index < -0.39 is 0 Å². The summed E-state index contributed by atoms with van der Waals surface area (Å²) in [5, 5.41) is 12.4. The SMILES string of the molecule is CCSc1ccc(CNC(=O)c2ccc(N3CCCC3)c(C#N)c2)cc1. The number of nitrogens with one attached hydrogen (secondary N) is 1. The highest BCUT2D eigenvalue weighted by atomic mass is 32.2. The minimum atomic E-state index is -0.151. The van der Waals surface area contributed by atoms with E-state index >= 15 is 0 Å². The molecule has 26 heavy (non-hydrogen) atoms. The van der Waals surface area contributed by atoms with Crippen LogP contribution in [0.2, 0.25) is 0 Å². The van der Waals surface area contributed by atoms with Gasteiger partial charge in [-0.25, -0.2) is 0 Å². The highest BCUT2D eigenvalue weighted by molar-refractivity contribution is 7.99. The Morgan fingerprint density at radius 1 is 1.19 bits per heavy atom. The molecule has 1 saturated heterocycles. The van der Waals surface area contributed by atoms with E-state index in [1.54, 1.807) is 17.8 Å². The Hall–Kier alpha value is -2.45. The summed E-state index contributed by atoms with van der Waals surface area (Å²) in [7, 11) is 0. The number of carbonyl (C=O) groups is 1. The molecule has 0 aromatic heterocycles. The lowest BCUT2D eigenvalue weighted by molar-refractivity contribution is 0.0951. The Balaban J connectivity index is 1.65. The van der Waals surface area contributed by atoms with E-state index in [1.807, 2.05) is 24.3 Å². The molecule has 0 spiro atoms. The first-order valence-corrected chi connectivity index (χ1v) is 9.99. The second kappa shape index (κ2) is 8.77. The molecule has 0 atom stereocenters. The van der Waals surface area contributed by atoms with Gasteiger partial charge < -0.3 is 10.2 Å². The van der Waals surface area contributed by atoms with Crippen LogP contribution in [0, 0.1) is 11.3 Å². The van der Waals surface area contributed by atoms with Gasteiger partial charge in [-0.3, -0.25) is 4.79 Å². The van der Waals surface area contributed by atoms with Crippen LogP contribution in [0.3, 0.4) is 0 Å². The van der Waals surface area contributed by atoms with Gasteiger partial charge in [-0.15, -0.1) is 11.8 Å². The van der Waals surface area contributed by atoms with Crippen LogP contribution in [0.1, 0.15) is 41.3 Å². The summed E-state index contributed by atoms with van der Waals surface area (Å²) in [5.41, 5.74) is 3.10. The Labute approximate surface area is 159 Å². The summed E-state index contributed by atoms with van der Waals surface area (Å²) in [4.78, 5) is 15.9. The van der Waals surface area contributed by atoms with E-state index in [0.717, 1.165) is 42.9 Å². The summed E-state index contributed by atoms with van der Waals surface area (Å²) < 4.78 is 0. The summed E-state index contributed by atoms with van der Waals surface area (Å²) >= 11 is 1.80. The van der Waals surface area contributed by atoms with Gasteiger partial charge in [0.05, 0.1) is 11.3 Å². The third-order valence-electron chi connectivity index (χ3n) is 4.51. The molecular weight excluding hydrogens is 342 g/mol. The Kier molecular flexibility index (Phi) is 6.19. The average Bonchev–Trinajstić information content (AvgIpc) is 3.21. The van der Waals surface area contributed by atoms with E-state index in [-0.39, 0.29) is 5.91 Å². The fourth-order valence-electron chi connectivity index (χ4n) is 3.16. The number of hydrogen-bond acceptors (Lipinski definition) is 4. The fraction of sp³-hybridized carbons (Fsp3) is 0.333. The van der Waals surface area contributed by atoms with Gasteiger partial charge in [0.25, 0.3) is 5.91 Å². The normalized spacial score (nSPS) is 13.5. The summed E-state index contributed by atoms with van der Waals surface area (Å²) in [5.74, 6) is 0.895. The summed E-state index contributed by atoms with van der Waals surface area (Å²) in [6.07, 6.45) is 2.31. The molecule has 4 nitrogen and oxygen atoms in total. The van der Waals surface area contributed by atoms with Crippen molar-refractivity contribution in [2.75, 3.05) is 23.7 Å². The Morgan fingerprint density at radius 2 is 1.92 bits per heavy atom. The molecule has 1 heterocycles. The van der Waals surface area contributed by atoms with Gasteiger partial charge in [-0.1, -0.05) is 19.1 Å². The molecule has 134 valence electrons. The van der Waals surface area contributed by atoms with Crippen molar-refractivity contribution >= 4 is 23.4 Å². The van der Waals surface area contributed by atoms with Gasteiger partial charge in [0.15, 0.2) is 0 Å². The molecule has 1 N–H and O–H groups in total. The van der Waals surface area contributed by atoms with Crippen molar-refractivity contribution < 1.29 is 4.79 Å². The van der Waals surface area contributed by atoms with E-state index in [2.05, 4.69) is 35.3 Å². The highest BCUT2D eigenvalue weighted by Crippen LogP contribution is 2.25. The maximum atomic E-state index is 12.4. The zero-order chi connectivity index (χ0) is 18.4. The Bertz CT molecular complexity index is 805. The second-order valence-electron chi connectivity index (χ2n) is 6.30. The van der Waals surface area contributed by atoms with Gasteiger partial charge in [-0.2, -0.15) is 5.26 Å². The van der Waals surface area contributed by atoms with Crippen LogP contribution in [0.4, 0.5) is 5.69 Å². The first-order chi connectivity index (χ1) is 12.7. The first kappa shape index (κ1) is 18.3. The lowest BCUT2D eigenvalue weighted by Gasteiger charge is -2.19. The monoisotopic (exact) mass is 365 g/mol. The molecule has 0 radical (unpaired) electrons. The standard InChI is InChI=1S/C21H23N3OS/c1-2-26-19-8-5-16(6-9-19)15-23-21(25)17-7-10-20(18(13-17)14-22)24-11-3-4-12-24/h5-10,13H,2-4,11-12,15H2,1H3,(H,23,25). The van der Waals surface area contributed by atoms with Crippen molar-refractivity contribution in [1.29, 1.82) is 5.26 Å². The van der Waals surface area contributed by atoms with Gasteiger partial charge in [0, 0.05) is 30.1 Å². The van der Waals surface area contributed by atoms with E-state index in [4.69, 9.17) is 0 Å². The van der Waals surface area contributed by atoms with Gasteiger partial charge in [0.2, 0.25) is 0 Å². The highest BCUT2D eigenvalue weighted by Gasteiger charge is 2.17. The van der Waals surface area contributed by atoms with Crippen molar-refractivity contribution in [3.8, 4) is 6.07 Å². The molecule has 0 bridgehead atoms. The van der Waals surface area contributed by atoms with E-state index in [9.17, 15) is 10.1 Å². The molecule has 2 aromatic rings. The molecule has 0 saturated carbocycles. The minimum Gasteiger partial charge on any atom is -0.370 e. The lowest BCUT2D eigenvalue weighted by atomic mass is 10.1. The summed E-state index contributed by atoms with van der Waals surface area (Å²) in [6.45, 7) is 4.56. The molecule has 1 aliphatic rings. The van der Waals surface area contributed by atoms with Crippen molar-refractivity contribution in [3.63, 3.8) is 0 Å². The molecule has 0 aliphatic carbocycles. The van der Waals surface area contributed by atoms with Crippen LogP contribution in [0.15, 0.2) is 47.4 Å². The second-order valence-corrected chi connectivity index (χ2v) is 7.63. The number of nitrogens with zero attached hydrogens (tertiary/aromatic N) is 2. The van der Waals surface area contributed by atoms with Crippen molar-refractivity contribution in [1.82, 2.24) is 5.32 Å². The van der Waals surface area contributed by atoms with Crippen molar-refractivity contribution in [2.24, 2.45) is 0 Å². The number of thioether (sulfide) groups is 1. The van der Waals surface area contributed by atoms with Crippen LogP contribution < -0.4 is 10.2 Å².